The Hall–Kier alpha value is -3.55. The summed E-state index contributed by atoms with van der Waals surface area (Å²) in [4.78, 5) is 26.2. The minimum Gasteiger partial charge on any atom is -0.453 e. The van der Waals surface area contributed by atoms with Gasteiger partial charge in [-0.15, -0.1) is 0 Å². The first-order valence-corrected chi connectivity index (χ1v) is 7.37. The molecule has 2 aromatic heterocycles. The van der Waals surface area contributed by atoms with Crippen LogP contribution < -0.4 is 0 Å². The Labute approximate surface area is 142 Å². The van der Waals surface area contributed by atoms with Crippen LogP contribution in [0, 0.1) is 10.1 Å². The average Bonchev–Trinajstić information content (AvgIpc) is 3.13. The molecule has 3 rings (SSSR count). The Morgan fingerprint density at radius 3 is 2.52 bits per heavy atom. The molecule has 0 aliphatic heterocycles. The molecule has 25 heavy (non-hydrogen) atoms. The Morgan fingerprint density at radius 1 is 1.20 bits per heavy atom. The summed E-state index contributed by atoms with van der Waals surface area (Å²) >= 11 is 0. The summed E-state index contributed by atoms with van der Waals surface area (Å²) in [5.74, 6) is -0.306. The maximum Gasteiger partial charge on any atom is 0.361 e. The van der Waals surface area contributed by atoms with Crippen LogP contribution in [0.5, 0.6) is 0 Å². The van der Waals surface area contributed by atoms with Gasteiger partial charge in [0.25, 0.3) is 5.69 Å². The van der Waals surface area contributed by atoms with Gasteiger partial charge in [0.1, 0.15) is 6.10 Å². The van der Waals surface area contributed by atoms with Gasteiger partial charge in [-0.3, -0.25) is 15.1 Å². The fraction of sp³-hybridized carbons (Fsp3) is 0.118. The van der Waals surface area contributed by atoms with Crippen LogP contribution in [0.1, 0.15) is 29.1 Å². The van der Waals surface area contributed by atoms with E-state index in [1.54, 1.807) is 31.5 Å². The van der Waals surface area contributed by atoms with Crippen molar-refractivity contribution in [1.29, 1.82) is 0 Å². The van der Waals surface area contributed by atoms with Gasteiger partial charge in [0.05, 0.1) is 4.92 Å². The second kappa shape index (κ2) is 6.91. The molecule has 8 heteroatoms. The maximum absolute atomic E-state index is 12.2. The van der Waals surface area contributed by atoms with E-state index in [4.69, 9.17) is 9.26 Å². The van der Waals surface area contributed by atoms with Crippen LogP contribution in [0.2, 0.25) is 0 Å². The largest absolute Gasteiger partial charge is 0.453 e. The number of nitrogens with zero attached hydrogens (tertiary/aromatic N) is 3. The molecule has 126 valence electrons. The lowest BCUT2D eigenvalue weighted by atomic mass is 10.1. The molecule has 0 aliphatic carbocycles. The molecule has 0 bridgehead atoms. The van der Waals surface area contributed by atoms with Gasteiger partial charge in [0.15, 0.2) is 11.5 Å². The number of hydrogen-bond acceptors (Lipinski definition) is 7. The molecule has 0 spiro atoms. The van der Waals surface area contributed by atoms with Gasteiger partial charge in [-0.2, -0.15) is 0 Å². The highest BCUT2D eigenvalue weighted by molar-refractivity contribution is 5.88. The zero-order valence-corrected chi connectivity index (χ0v) is 13.2. The normalized spacial score (nSPS) is 11.7. The third-order valence-corrected chi connectivity index (χ3v) is 3.54. The van der Waals surface area contributed by atoms with Crippen molar-refractivity contribution in [3.8, 4) is 11.3 Å². The third kappa shape index (κ3) is 3.69. The van der Waals surface area contributed by atoms with E-state index < -0.39 is 17.0 Å². The highest BCUT2D eigenvalue weighted by Crippen LogP contribution is 2.24. The number of carbonyl (C=O) groups excluding carboxylic acids is 1. The van der Waals surface area contributed by atoms with E-state index in [-0.39, 0.29) is 11.4 Å². The topological polar surface area (TPSA) is 108 Å². The minimum absolute atomic E-state index is 0.0225. The monoisotopic (exact) mass is 339 g/mol. The van der Waals surface area contributed by atoms with E-state index in [9.17, 15) is 14.9 Å². The van der Waals surface area contributed by atoms with Crippen LogP contribution in [-0.2, 0) is 4.74 Å². The van der Waals surface area contributed by atoms with Crippen molar-refractivity contribution in [3.63, 3.8) is 0 Å². The number of hydrogen-bond donors (Lipinski definition) is 0. The molecule has 1 aromatic carbocycles. The number of nitro groups is 1. The van der Waals surface area contributed by atoms with Crippen molar-refractivity contribution in [2.24, 2.45) is 0 Å². The zero-order chi connectivity index (χ0) is 17.8. The maximum atomic E-state index is 12.2. The molecular weight excluding hydrogens is 326 g/mol. The van der Waals surface area contributed by atoms with Crippen LogP contribution in [0.4, 0.5) is 5.69 Å². The smallest absolute Gasteiger partial charge is 0.361 e. The lowest BCUT2D eigenvalue weighted by molar-refractivity contribution is -0.384. The first kappa shape index (κ1) is 16.3. The Kier molecular flexibility index (Phi) is 4.51. The Balaban J connectivity index is 1.72. The van der Waals surface area contributed by atoms with Crippen molar-refractivity contribution in [1.82, 2.24) is 10.1 Å². The predicted octanol–water partition coefficient (Wildman–Crippen LogP) is 3.56. The summed E-state index contributed by atoms with van der Waals surface area (Å²) in [6.45, 7) is 1.74. The Bertz CT molecular complexity index is 890. The van der Waals surface area contributed by atoms with Gasteiger partial charge < -0.3 is 9.26 Å². The van der Waals surface area contributed by atoms with E-state index in [1.807, 2.05) is 0 Å². The standard InChI is InChI=1S/C17H13N3O5/c1-11(12-6-8-18-9-7-12)24-17(21)15-10-16(25-19-15)13-2-4-14(5-3-13)20(22)23/h2-11H,1H3. The first-order valence-electron chi connectivity index (χ1n) is 7.37. The van der Waals surface area contributed by atoms with Gasteiger partial charge in [-0.25, -0.2) is 4.79 Å². The number of benzene rings is 1. The molecule has 0 saturated heterocycles. The number of non-ortho nitro benzene ring substituents is 1. The van der Waals surface area contributed by atoms with E-state index >= 15 is 0 Å². The van der Waals surface area contributed by atoms with Crippen molar-refractivity contribution >= 4 is 11.7 Å². The van der Waals surface area contributed by atoms with E-state index in [1.165, 1.54) is 30.3 Å². The van der Waals surface area contributed by atoms with Crippen molar-refractivity contribution in [2.45, 2.75) is 13.0 Å². The number of ether oxygens (including phenoxy) is 1. The predicted molar refractivity (Wildman–Crippen MR) is 86.7 cm³/mol. The third-order valence-electron chi connectivity index (χ3n) is 3.54. The molecule has 3 aromatic rings. The summed E-state index contributed by atoms with van der Waals surface area (Å²) < 4.78 is 10.5. The van der Waals surface area contributed by atoms with Gasteiger partial charge in [-0.1, -0.05) is 5.16 Å². The number of pyridine rings is 1. The van der Waals surface area contributed by atoms with Gasteiger partial charge in [0, 0.05) is 36.2 Å². The number of esters is 1. The quantitative estimate of drug-likeness (QED) is 0.397. The van der Waals surface area contributed by atoms with Gasteiger partial charge in [0.2, 0.25) is 0 Å². The summed E-state index contributed by atoms with van der Waals surface area (Å²) in [7, 11) is 0. The summed E-state index contributed by atoms with van der Waals surface area (Å²) in [5.41, 5.74) is 1.37. The lowest BCUT2D eigenvalue weighted by Gasteiger charge is -2.11. The molecule has 0 N–H and O–H groups in total. The molecule has 0 aliphatic rings. The second-order valence-electron chi connectivity index (χ2n) is 5.21. The van der Waals surface area contributed by atoms with Crippen LogP contribution in [0.25, 0.3) is 11.3 Å². The molecule has 0 saturated carbocycles. The number of rotatable bonds is 5. The second-order valence-corrected chi connectivity index (χ2v) is 5.21. The van der Waals surface area contributed by atoms with Crippen LogP contribution in [0.3, 0.4) is 0 Å². The van der Waals surface area contributed by atoms with Crippen molar-refractivity contribution in [2.75, 3.05) is 0 Å². The Morgan fingerprint density at radius 2 is 1.88 bits per heavy atom. The summed E-state index contributed by atoms with van der Waals surface area (Å²) in [6.07, 6.45) is 2.76. The van der Waals surface area contributed by atoms with Gasteiger partial charge >= 0.3 is 5.97 Å². The van der Waals surface area contributed by atoms with Crippen molar-refractivity contribution < 1.29 is 19.0 Å². The molecule has 0 fully saturated rings. The molecule has 8 nitrogen and oxygen atoms in total. The fourth-order valence-corrected chi connectivity index (χ4v) is 2.18. The minimum atomic E-state index is -0.624. The lowest BCUT2D eigenvalue weighted by Crippen LogP contribution is -2.09. The molecule has 0 amide bonds. The van der Waals surface area contributed by atoms with Crippen LogP contribution >= 0.6 is 0 Å². The summed E-state index contributed by atoms with van der Waals surface area (Å²) in [6, 6.07) is 10.7. The van der Waals surface area contributed by atoms with Crippen LogP contribution in [-0.4, -0.2) is 21.0 Å². The first-order chi connectivity index (χ1) is 12.0. The van der Waals surface area contributed by atoms with Crippen LogP contribution in [0.15, 0.2) is 59.4 Å². The molecular formula is C17H13N3O5. The zero-order valence-electron chi connectivity index (χ0n) is 13.2. The average molecular weight is 339 g/mol. The molecule has 1 atom stereocenters. The van der Waals surface area contributed by atoms with E-state index in [0.29, 0.717) is 11.3 Å². The summed E-state index contributed by atoms with van der Waals surface area (Å²) in [5, 5.41) is 14.4. The highest BCUT2D eigenvalue weighted by Gasteiger charge is 2.19. The molecule has 2 heterocycles. The number of aromatic nitrogens is 2. The fourth-order valence-electron chi connectivity index (χ4n) is 2.18. The highest BCUT2D eigenvalue weighted by atomic mass is 16.6. The van der Waals surface area contributed by atoms with E-state index in [2.05, 4.69) is 10.1 Å². The number of nitro benzene ring substituents is 1. The van der Waals surface area contributed by atoms with E-state index in [0.717, 1.165) is 5.56 Å². The molecule has 1 unspecified atom stereocenters. The van der Waals surface area contributed by atoms with Crippen molar-refractivity contribution in [3.05, 3.63) is 76.2 Å². The number of carbonyl (C=O) groups is 1. The van der Waals surface area contributed by atoms with Gasteiger partial charge in [-0.05, 0) is 36.8 Å². The molecule has 0 radical (unpaired) electrons. The SMILES string of the molecule is CC(OC(=O)c1cc(-c2ccc([N+](=O)[O-])cc2)on1)c1ccncc1.